The first-order chi connectivity index (χ1) is 13.4. The van der Waals surface area contributed by atoms with E-state index in [0.29, 0.717) is 23.3 Å². The summed E-state index contributed by atoms with van der Waals surface area (Å²) in [5, 5.41) is 11.6. The summed E-state index contributed by atoms with van der Waals surface area (Å²) in [6.45, 7) is 6.17. The number of rotatable bonds is 6. The maximum absolute atomic E-state index is 12.1. The van der Waals surface area contributed by atoms with Gasteiger partial charge in [0.05, 0.1) is 5.69 Å². The molecule has 1 aliphatic rings. The fourth-order valence-corrected chi connectivity index (χ4v) is 3.33. The minimum absolute atomic E-state index is 0.0290. The Labute approximate surface area is 164 Å². The topological polar surface area (TPSA) is 85.8 Å². The van der Waals surface area contributed by atoms with Crippen molar-refractivity contribution >= 4 is 5.91 Å². The maximum atomic E-state index is 12.1. The lowest BCUT2D eigenvalue weighted by Crippen LogP contribution is -2.25. The quantitative estimate of drug-likeness (QED) is 0.710. The Hall–Kier alpha value is -2.96. The molecule has 2 heterocycles. The minimum atomic E-state index is -0.0290. The van der Waals surface area contributed by atoms with Crippen molar-refractivity contribution in [2.45, 2.75) is 52.0 Å². The van der Waals surface area contributed by atoms with Crippen LogP contribution in [0.5, 0.6) is 0 Å². The van der Waals surface area contributed by atoms with Gasteiger partial charge in [0.2, 0.25) is 11.7 Å². The van der Waals surface area contributed by atoms with Gasteiger partial charge in [-0.05, 0) is 50.8 Å². The summed E-state index contributed by atoms with van der Waals surface area (Å²) in [5.74, 6) is 1.20. The average Bonchev–Trinajstić information content (AvgIpc) is 3.29. The van der Waals surface area contributed by atoms with Crippen molar-refractivity contribution in [1.82, 2.24) is 25.2 Å². The molecule has 4 rings (SSSR count). The lowest BCUT2D eigenvalue weighted by Gasteiger charge is -2.07. The predicted octanol–water partition coefficient (Wildman–Crippen LogP) is 3.33. The number of nitrogens with zero attached hydrogens (tertiary/aromatic N) is 4. The summed E-state index contributed by atoms with van der Waals surface area (Å²) >= 11 is 0. The highest BCUT2D eigenvalue weighted by atomic mass is 16.5. The zero-order valence-corrected chi connectivity index (χ0v) is 16.7. The third kappa shape index (κ3) is 3.69. The Bertz CT molecular complexity index is 998. The lowest BCUT2D eigenvalue weighted by atomic mass is 9.99. The molecule has 28 heavy (non-hydrogen) atoms. The van der Waals surface area contributed by atoms with Gasteiger partial charge in [0, 0.05) is 35.8 Å². The first-order valence-electron chi connectivity index (χ1n) is 9.66. The molecule has 0 radical (unpaired) electrons. The van der Waals surface area contributed by atoms with E-state index in [1.54, 1.807) is 12.1 Å². The van der Waals surface area contributed by atoms with Crippen molar-refractivity contribution in [1.29, 1.82) is 0 Å². The van der Waals surface area contributed by atoms with E-state index in [1.807, 2.05) is 30.8 Å². The highest BCUT2D eigenvalue weighted by molar-refractivity contribution is 5.94. The molecule has 1 aromatic carbocycles. The maximum Gasteiger partial charge on any atom is 0.251 e. The van der Waals surface area contributed by atoms with Crippen LogP contribution in [0.2, 0.25) is 0 Å². The van der Waals surface area contributed by atoms with Crippen molar-refractivity contribution < 1.29 is 9.32 Å². The number of hydrogen-bond donors (Lipinski definition) is 1. The number of nitrogens with one attached hydrogen (secondary N) is 1. The summed E-state index contributed by atoms with van der Waals surface area (Å²) in [6, 6.07) is 7.66. The number of carbonyl (C=O) groups is 1. The molecule has 2 aromatic heterocycles. The highest BCUT2D eigenvalue weighted by Crippen LogP contribution is 2.25. The molecule has 1 unspecified atom stereocenters. The number of amides is 1. The molecule has 0 bridgehead atoms. The van der Waals surface area contributed by atoms with E-state index >= 15 is 0 Å². The lowest BCUT2D eigenvalue weighted by molar-refractivity contribution is 0.0951. The first-order valence-corrected chi connectivity index (χ1v) is 9.66. The molecule has 7 heteroatoms. The Morgan fingerprint density at radius 3 is 2.61 bits per heavy atom. The van der Waals surface area contributed by atoms with Crippen molar-refractivity contribution in [3.63, 3.8) is 0 Å². The van der Waals surface area contributed by atoms with Gasteiger partial charge in [0.25, 0.3) is 5.91 Å². The first kappa shape index (κ1) is 18.4. The summed E-state index contributed by atoms with van der Waals surface area (Å²) < 4.78 is 7.41. The molecule has 146 valence electrons. The van der Waals surface area contributed by atoms with E-state index in [9.17, 15) is 4.79 Å². The molecule has 0 saturated heterocycles. The second-order valence-electron chi connectivity index (χ2n) is 7.66. The van der Waals surface area contributed by atoms with Crippen LogP contribution < -0.4 is 5.32 Å². The molecule has 7 nitrogen and oxygen atoms in total. The average molecular weight is 379 g/mol. The van der Waals surface area contributed by atoms with Gasteiger partial charge in [-0.1, -0.05) is 24.2 Å². The van der Waals surface area contributed by atoms with Crippen LogP contribution in [0.4, 0.5) is 0 Å². The van der Waals surface area contributed by atoms with Crippen LogP contribution in [0.25, 0.3) is 11.4 Å². The van der Waals surface area contributed by atoms with Gasteiger partial charge in [-0.25, -0.2) is 0 Å². The molecule has 1 saturated carbocycles. The normalized spacial score (nSPS) is 14.9. The fraction of sp³-hybridized carbons (Fsp3) is 0.429. The van der Waals surface area contributed by atoms with Crippen molar-refractivity contribution in [2.24, 2.45) is 7.05 Å². The smallest absolute Gasteiger partial charge is 0.251 e. The zero-order valence-electron chi connectivity index (χ0n) is 16.7. The van der Waals surface area contributed by atoms with Crippen LogP contribution in [0.3, 0.4) is 0 Å². The molecule has 0 spiro atoms. The Balaban J connectivity index is 1.46. The Kier molecular flexibility index (Phi) is 4.75. The number of benzene rings is 1. The van der Waals surface area contributed by atoms with Gasteiger partial charge < -0.3 is 9.84 Å². The largest absolute Gasteiger partial charge is 0.349 e. The number of aromatic nitrogens is 4. The standard InChI is InChI=1S/C21H25N5O2/c1-12(11-18-13(2)24-26(4)14(18)3)21-23-19(25-28-21)15-5-7-16(8-6-15)20(27)22-17-9-10-17/h5-8,12,17H,9-11H2,1-4H3,(H,22,27). The van der Waals surface area contributed by atoms with E-state index in [1.165, 1.54) is 5.56 Å². The molecule has 0 aliphatic heterocycles. The summed E-state index contributed by atoms with van der Waals surface area (Å²) in [5.41, 5.74) is 4.89. The van der Waals surface area contributed by atoms with E-state index in [4.69, 9.17) is 4.52 Å². The van der Waals surface area contributed by atoms with Gasteiger partial charge in [-0.2, -0.15) is 10.1 Å². The second-order valence-corrected chi connectivity index (χ2v) is 7.66. The van der Waals surface area contributed by atoms with Crippen LogP contribution >= 0.6 is 0 Å². The molecule has 1 N–H and O–H groups in total. The molecular weight excluding hydrogens is 354 g/mol. The molecule has 1 fully saturated rings. The van der Waals surface area contributed by atoms with Crippen LogP contribution in [-0.2, 0) is 13.5 Å². The molecule has 1 aliphatic carbocycles. The third-order valence-corrected chi connectivity index (χ3v) is 5.35. The summed E-state index contributed by atoms with van der Waals surface area (Å²) in [4.78, 5) is 16.7. The molecule has 3 aromatic rings. The van der Waals surface area contributed by atoms with Crippen LogP contribution in [0.15, 0.2) is 28.8 Å². The van der Waals surface area contributed by atoms with Crippen LogP contribution in [-0.4, -0.2) is 31.9 Å². The Morgan fingerprint density at radius 1 is 1.29 bits per heavy atom. The van der Waals surface area contributed by atoms with Crippen LogP contribution in [0, 0.1) is 13.8 Å². The van der Waals surface area contributed by atoms with E-state index in [0.717, 1.165) is 36.2 Å². The van der Waals surface area contributed by atoms with Gasteiger partial charge in [-0.3, -0.25) is 9.48 Å². The second kappa shape index (κ2) is 7.22. The van der Waals surface area contributed by atoms with E-state index < -0.39 is 0 Å². The third-order valence-electron chi connectivity index (χ3n) is 5.35. The van der Waals surface area contributed by atoms with Gasteiger partial charge >= 0.3 is 0 Å². The van der Waals surface area contributed by atoms with Crippen LogP contribution in [0.1, 0.15) is 58.9 Å². The van der Waals surface area contributed by atoms with Gasteiger partial charge in [0.1, 0.15) is 0 Å². The van der Waals surface area contributed by atoms with E-state index in [-0.39, 0.29) is 11.8 Å². The summed E-state index contributed by atoms with van der Waals surface area (Å²) in [7, 11) is 1.95. The molecule has 1 amide bonds. The predicted molar refractivity (Wildman–Crippen MR) is 105 cm³/mol. The number of hydrogen-bond acceptors (Lipinski definition) is 5. The van der Waals surface area contributed by atoms with Gasteiger partial charge in [0.15, 0.2) is 0 Å². The van der Waals surface area contributed by atoms with Crippen molar-refractivity contribution in [2.75, 3.05) is 0 Å². The SMILES string of the molecule is Cc1nn(C)c(C)c1CC(C)c1nc(-c2ccc(C(=O)NC3CC3)cc2)no1. The minimum Gasteiger partial charge on any atom is -0.349 e. The van der Waals surface area contributed by atoms with Gasteiger partial charge in [-0.15, -0.1) is 0 Å². The number of aryl methyl sites for hydroxylation is 2. The number of carbonyl (C=O) groups excluding carboxylic acids is 1. The fourth-order valence-electron chi connectivity index (χ4n) is 3.33. The van der Waals surface area contributed by atoms with Crippen molar-refractivity contribution in [3.8, 4) is 11.4 Å². The highest BCUT2D eigenvalue weighted by Gasteiger charge is 2.24. The Morgan fingerprint density at radius 2 is 2.00 bits per heavy atom. The van der Waals surface area contributed by atoms with Crippen molar-refractivity contribution in [3.05, 3.63) is 52.7 Å². The zero-order chi connectivity index (χ0) is 19.8. The van der Waals surface area contributed by atoms with E-state index in [2.05, 4.69) is 34.4 Å². The molecular formula is C21H25N5O2. The monoisotopic (exact) mass is 379 g/mol. The molecule has 1 atom stereocenters. The summed E-state index contributed by atoms with van der Waals surface area (Å²) in [6.07, 6.45) is 2.95.